The van der Waals surface area contributed by atoms with Crippen LogP contribution in [0.5, 0.6) is 0 Å². The number of ether oxygens (including phenoxy) is 4. The number of nitrogens with zero attached hydrogens (tertiary/aromatic N) is 1. The number of likely N-dealkylation sites (N-methyl/N-ethyl adjacent to an activating group) is 1. The van der Waals surface area contributed by atoms with E-state index in [0.717, 1.165) is 161 Å². The fraction of sp³-hybridized carbons (Fsp3) is 0.589. The van der Waals surface area contributed by atoms with Crippen molar-refractivity contribution < 1.29 is 42.9 Å². The molecule has 0 aromatic rings. The molecule has 0 heterocycles. The van der Waals surface area contributed by atoms with Crippen LogP contribution in [0.3, 0.4) is 0 Å². The van der Waals surface area contributed by atoms with Crippen molar-refractivity contribution in [2.45, 2.75) is 296 Å². The largest absolute Gasteiger partial charge is 0.545 e. The summed E-state index contributed by atoms with van der Waals surface area (Å²) >= 11 is 0. The smallest absolute Gasteiger partial charge is 0.306 e. The van der Waals surface area contributed by atoms with E-state index in [0.29, 0.717) is 17.4 Å². The third-order valence-corrected chi connectivity index (χ3v) is 16.0. The van der Waals surface area contributed by atoms with Crippen molar-refractivity contribution in [1.82, 2.24) is 0 Å². The van der Waals surface area contributed by atoms with Gasteiger partial charge in [0, 0.05) is 12.8 Å². The second-order valence-electron chi connectivity index (χ2n) is 26.5. The summed E-state index contributed by atoms with van der Waals surface area (Å²) in [6.45, 7) is 4.50. The lowest BCUT2D eigenvalue weighted by Gasteiger charge is -2.26. The zero-order valence-corrected chi connectivity index (χ0v) is 63.5. The van der Waals surface area contributed by atoms with Gasteiger partial charge in [0.05, 0.1) is 40.3 Å². The Kier molecular flexibility index (Phi) is 72.8. The minimum absolute atomic E-state index is 0.136. The predicted octanol–water partition coefficient (Wildman–Crippen LogP) is 24.1. The van der Waals surface area contributed by atoms with Crippen molar-refractivity contribution in [2.24, 2.45) is 0 Å². The fourth-order valence-electron chi connectivity index (χ4n) is 10.1. The molecule has 0 aromatic carbocycles. The van der Waals surface area contributed by atoms with E-state index in [-0.39, 0.29) is 38.6 Å². The Morgan fingerprint density at radius 1 is 0.303 bits per heavy atom. The van der Waals surface area contributed by atoms with Crippen LogP contribution in [0.2, 0.25) is 0 Å². The highest BCUT2D eigenvalue weighted by Crippen LogP contribution is 2.16. The minimum Gasteiger partial charge on any atom is -0.545 e. The van der Waals surface area contributed by atoms with Crippen LogP contribution in [-0.2, 0) is 33.3 Å². The molecule has 99 heavy (non-hydrogen) atoms. The van der Waals surface area contributed by atoms with E-state index in [1.807, 2.05) is 21.1 Å². The highest BCUT2D eigenvalue weighted by atomic mass is 16.7. The van der Waals surface area contributed by atoms with Gasteiger partial charge in [-0.25, -0.2) is 0 Å². The monoisotopic (exact) mass is 1370 g/mol. The van der Waals surface area contributed by atoms with Gasteiger partial charge in [-0.2, -0.15) is 0 Å². The Balaban J connectivity index is 4.14. The molecule has 0 N–H and O–H groups in total. The number of hydrogen-bond donors (Lipinski definition) is 0. The number of unbranched alkanes of at least 4 members (excludes halogenated alkanes) is 21. The molecule has 9 nitrogen and oxygen atoms in total. The van der Waals surface area contributed by atoms with Gasteiger partial charge < -0.3 is 33.3 Å². The standard InChI is InChI=1S/C90H143NO8/c1-6-8-10-12-14-16-18-20-22-24-26-28-30-32-34-36-38-40-41-42-43-44-45-46-47-49-51-53-55-57-59-61-63-65-67-69-71-73-75-77-79-81-88(93)99-86(85-98-90(89(94)95)96-83-82-91(3,4)5)84-97-87(92)80-78-76-74-72-70-68-66-64-62-60-58-56-54-52-50-48-39-37-35-33-31-29-27-25-23-21-19-17-15-13-11-9-7-2/h8-11,14-17,20-23,26-29,32-35,38-40,42-43,45-46,48-49,51-52,54,58,60,86,90H,6-7,12-13,18-19,24-25,30-31,36-37,41,44,47,50,53,55-57,59,61-85H2,1-5H3/b10-8-,11-9-,16-14-,17-15-,22-20-,23-21-,28-26-,29-27-,34-32-,35-33-,40-38-,43-42-,46-45-,48-39-,51-49-,54-52-,60-58-. The van der Waals surface area contributed by atoms with Crippen molar-refractivity contribution in [3.8, 4) is 0 Å². The Morgan fingerprint density at radius 3 is 0.808 bits per heavy atom. The van der Waals surface area contributed by atoms with Crippen LogP contribution in [-0.4, -0.2) is 82.3 Å². The fourth-order valence-corrected chi connectivity index (χ4v) is 10.1. The number of allylic oxidation sites excluding steroid dienone is 34. The van der Waals surface area contributed by atoms with Crippen molar-refractivity contribution >= 4 is 17.9 Å². The summed E-state index contributed by atoms with van der Waals surface area (Å²) in [5, 5.41) is 11.9. The Morgan fingerprint density at radius 2 is 0.545 bits per heavy atom. The maximum absolute atomic E-state index is 13.0. The van der Waals surface area contributed by atoms with Crippen molar-refractivity contribution in [3.63, 3.8) is 0 Å². The van der Waals surface area contributed by atoms with Crippen LogP contribution in [0.4, 0.5) is 0 Å². The topological polar surface area (TPSA) is 111 Å². The van der Waals surface area contributed by atoms with Gasteiger partial charge in [-0.1, -0.05) is 330 Å². The van der Waals surface area contributed by atoms with E-state index < -0.39 is 24.3 Å². The SMILES string of the molecule is CC/C=C\C/C=C\C/C=C\C/C=C\C/C=C\C/C=C\C/C=C\C/C=C\C/C=C\CCCCCCCCCCCCCCCC(=O)OC(COC(=O)CCCCCCCCCC/C=C\C/C=C\C/C=C\C/C=C\C/C=C\C/C=C\C/C=C\C/C=C\CC)COC(OCC[N+](C)(C)C)C(=O)[O-]. The molecule has 9 heteroatoms. The number of quaternary nitrogens is 1. The summed E-state index contributed by atoms with van der Waals surface area (Å²) in [5.74, 6) is -2.31. The van der Waals surface area contributed by atoms with Gasteiger partial charge in [0.1, 0.15) is 13.2 Å². The molecule has 2 unspecified atom stereocenters. The minimum atomic E-state index is -1.64. The lowest BCUT2D eigenvalue weighted by atomic mass is 10.0. The van der Waals surface area contributed by atoms with Gasteiger partial charge in [0.2, 0.25) is 0 Å². The second-order valence-corrected chi connectivity index (χ2v) is 26.5. The van der Waals surface area contributed by atoms with E-state index in [4.69, 9.17) is 18.9 Å². The van der Waals surface area contributed by atoms with Gasteiger partial charge in [0.15, 0.2) is 12.4 Å². The Labute approximate surface area is 607 Å². The first-order chi connectivity index (χ1) is 48.6. The van der Waals surface area contributed by atoms with Crippen molar-refractivity contribution in [3.05, 3.63) is 207 Å². The van der Waals surface area contributed by atoms with Crippen molar-refractivity contribution in [1.29, 1.82) is 0 Å². The lowest BCUT2D eigenvalue weighted by Crippen LogP contribution is -2.44. The van der Waals surface area contributed by atoms with Crippen LogP contribution < -0.4 is 5.11 Å². The molecular weight excluding hydrogens is 1220 g/mol. The van der Waals surface area contributed by atoms with Crippen LogP contribution >= 0.6 is 0 Å². The van der Waals surface area contributed by atoms with Gasteiger partial charge in [-0.05, 0) is 148 Å². The summed E-state index contributed by atoms with van der Waals surface area (Å²) in [5.41, 5.74) is 0. The molecule has 0 saturated heterocycles. The quantitative estimate of drug-likeness (QED) is 0.0195. The maximum atomic E-state index is 13.0. The highest BCUT2D eigenvalue weighted by molar-refractivity contribution is 5.70. The van der Waals surface area contributed by atoms with Crippen LogP contribution in [0, 0.1) is 0 Å². The molecule has 0 aliphatic carbocycles. The third kappa shape index (κ3) is 79.1. The molecular formula is C90H143NO8. The number of carboxylic acid groups (broad SMARTS) is 1. The van der Waals surface area contributed by atoms with Crippen molar-refractivity contribution in [2.75, 3.05) is 47.5 Å². The Hall–Kier alpha value is -6.13. The highest BCUT2D eigenvalue weighted by Gasteiger charge is 2.22. The summed E-state index contributed by atoms with van der Waals surface area (Å²) in [6, 6.07) is 0. The third-order valence-electron chi connectivity index (χ3n) is 16.0. The number of hydrogen-bond acceptors (Lipinski definition) is 8. The van der Waals surface area contributed by atoms with Gasteiger partial charge >= 0.3 is 11.9 Å². The first-order valence-electron chi connectivity index (χ1n) is 39.2. The molecule has 556 valence electrons. The summed E-state index contributed by atoms with van der Waals surface area (Å²) < 4.78 is 22.8. The number of aliphatic carboxylic acids is 1. The van der Waals surface area contributed by atoms with E-state index in [2.05, 4.69) is 220 Å². The summed E-state index contributed by atoms with van der Waals surface area (Å²) in [4.78, 5) is 37.6. The van der Waals surface area contributed by atoms with Crippen LogP contribution in [0.1, 0.15) is 284 Å². The predicted molar refractivity (Wildman–Crippen MR) is 425 cm³/mol. The van der Waals surface area contributed by atoms with E-state index in [1.165, 1.54) is 89.9 Å². The van der Waals surface area contributed by atoms with E-state index in [1.54, 1.807) is 0 Å². The number of esters is 2. The summed E-state index contributed by atoms with van der Waals surface area (Å²) in [6.07, 6.45) is 118. The molecule has 0 aromatic heterocycles. The molecule has 0 spiro atoms. The van der Waals surface area contributed by atoms with Crippen LogP contribution in [0.25, 0.3) is 0 Å². The second kappa shape index (κ2) is 77.6. The lowest BCUT2D eigenvalue weighted by molar-refractivity contribution is -0.870. The zero-order chi connectivity index (χ0) is 71.8. The molecule has 0 aliphatic rings. The maximum Gasteiger partial charge on any atom is 0.306 e. The average molecular weight is 1370 g/mol. The normalized spacial score (nSPS) is 13.8. The van der Waals surface area contributed by atoms with E-state index >= 15 is 0 Å². The van der Waals surface area contributed by atoms with Gasteiger partial charge in [-0.15, -0.1) is 0 Å². The summed E-state index contributed by atoms with van der Waals surface area (Å²) in [7, 11) is 5.92. The average Bonchev–Trinajstić information content (AvgIpc) is 2.62. The van der Waals surface area contributed by atoms with Crippen LogP contribution in [0.15, 0.2) is 207 Å². The van der Waals surface area contributed by atoms with Gasteiger partial charge in [0.25, 0.3) is 0 Å². The number of carboxylic acids is 1. The molecule has 0 rings (SSSR count). The molecule has 0 amide bonds. The zero-order valence-electron chi connectivity index (χ0n) is 63.5. The number of carbonyl (C=O) groups excluding carboxylic acids is 3. The molecule has 2 atom stereocenters. The molecule has 0 fully saturated rings. The number of carbonyl (C=O) groups is 3. The van der Waals surface area contributed by atoms with E-state index in [9.17, 15) is 19.5 Å². The number of rotatable bonds is 70. The molecule has 0 radical (unpaired) electrons. The Bertz CT molecular complexity index is 2390. The molecule has 0 bridgehead atoms. The molecule has 0 saturated carbocycles. The first-order valence-corrected chi connectivity index (χ1v) is 39.2. The van der Waals surface area contributed by atoms with Gasteiger partial charge in [-0.3, -0.25) is 9.59 Å². The first kappa shape index (κ1) is 92.9. The molecule has 0 aliphatic heterocycles.